The third-order valence-corrected chi connectivity index (χ3v) is 4.48. The van der Waals surface area contributed by atoms with E-state index in [0.29, 0.717) is 5.75 Å². The maximum Gasteiger partial charge on any atom is 0.115 e. The van der Waals surface area contributed by atoms with Gasteiger partial charge in [0.1, 0.15) is 5.75 Å². The van der Waals surface area contributed by atoms with Crippen LogP contribution in [0.3, 0.4) is 0 Å². The maximum atomic E-state index is 9.42. The molecule has 0 unspecified atom stereocenters. The lowest BCUT2D eigenvalue weighted by atomic mass is 10.0. The topological polar surface area (TPSA) is 20.2 Å². The van der Waals surface area contributed by atoms with Gasteiger partial charge in [-0.2, -0.15) is 0 Å². The smallest absolute Gasteiger partial charge is 0.115 e. The van der Waals surface area contributed by atoms with Gasteiger partial charge in [0.2, 0.25) is 0 Å². The molecule has 0 saturated carbocycles. The van der Waals surface area contributed by atoms with E-state index in [4.69, 9.17) is 0 Å². The third kappa shape index (κ3) is 10.7. The lowest BCUT2D eigenvalue weighted by molar-refractivity contribution is 0.474. The van der Waals surface area contributed by atoms with Crippen molar-refractivity contribution in [1.82, 2.24) is 0 Å². The number of phenols is 1. The molecule has 0 bridgehead atoms. The molecular formula is C21H36O. The molecule has 1 nitrogen and oxygen atoms in total. The Morgan fingerprint density at radius 1 is 0.682 bits per heavy atom. The minimum absolute atomic E-state index is 0.396. The van der Waals surface area contributed by atoms with Gasteiger partial charge in [-0.05, 0) is 30.5 Å². The van der Waals surface area contributed by atoms with Gasteiger partial charge in [0, 0.05) is 0 Å². The van der Waals surface area contributed by atoms with Crippen LogP contribution in [0.2, 0.25) is 0 Å². The summed E-state index contributed by atoms with van der Waals surface area (Å²) in [6, 6.07) is 7.68. The summed E-state index contributed by atoms with van der Waals surface area (Å²) in [7, 11) is 0. The minimum atomic E-state index is 0.396. The summed E-state index contributed by atoms with van der Waals surface area (Å²) < 4.78 is 0. The van der Waals surface area contributed by atoms with Crippen LogP contribution in [0.5, 0.6) is 5.75 Å². The number of hydrogen-bond donors (Lipinski definition) is 1. The zero-order chi connectivity index (χ0) is 15.9. The Labute approximate surface area is 138 Å². The average Bonchev–Trinajstić information content (AvgIpc) is 2.52. The van der Waals surface area contributed by atoms with Crippen LogP contribution in [0.1, 0.15) is 96.0 Å². The third-order valence-electron chi connectivity index (χ3n) is 4.48. The van der Waals surface area contributed by atoms with Crippen molar-refractivity contribution in [2.24, 2.45) is 0 Å². The summed E-state index contributed by atoms with van der Waals surface area (Å²) in [6.45, 7) is 2.28. The number of benzene rings is 1. The number of unbranched alkanes of at least 4 members (excludes halogenated alkanes) is 12. The van der Waals surface area contributed by atoms with Crippen LogP contribution in [-0.4, -0.2) is 5.11 Å². The fourth-order valence-electron chi connectivity index (χ4n) is 3.06. The Bertz CT molecular complexity index is 359. The molecule has 0 aliphatic rings. The summed E-state index contributed by atoms with van der Waals surface area (Å²) in [5.41, 5.74) is 1.27. The second-order valence-corrected chi connectivity index (χ2v) is 6.66. The van der Waals surface area contributed by atoms with Crippen molar-refractivity contribution in [3.63, 3.8) is 0 Å². The summed E-state index contributed by atoms with van der Waals surface area (Å²) in [4.78, 5) is 0. The highest BCUT2D eigenvalue weighted by atomic mass is 16.3. The van der Waals surface area contributed by atoms with Gasteiger partial charge in [0.25, 0.3) is 0 Å². The van der Waals surface area contributed by atoms with Crippen LogP contribution in [0, 0.1) is 0 Å². The second kappa shape index (κ2) is 13.7. The number of aryl methyl sites for hydroxylation is 1. The molecule has 0 atom stereocenters. The van der Waals surface area contributed by atoms with E-state index in [2.05, 4.69) is 13.0 Å². The predicted octanol–water partition coefficient (Wildman–Crippen LogP) is 7.03. The van der Waals surface area contributed by atoms with Crippen LogP contribution in [0.4, 0.5) is 0 Å². The number of aromatic hydroxyl groups is 1. The van der Waals surface area contributed by atoms with Crippen LogP contribution >= 0.6 is 0 Å². The molecule has 22 heavy (non-hydrogen) atoms. The normalized spacial score (nSPS) is 11.0. The monoisotopic (exact) mass is 304 g/mol. The van der Waals surface area contributed by atoms with Gasteiger partial charge in [0.15, 0.2) is 0 Å². The van der Waals surface area contributed by atoms with Crippen LogP contribution in [0.25, 0.3) is 0 Å². The van der Waals surface area contributed by atoms with E-state index >= 15 is 0 Å². The van der Waals surface area contributed by atoms with Gasteiger partial charge < -0.3 is 5.11 Å². The van der Waals surface area contributed by atoms with Crippen LogP contribution < -0.4 is 0 Å². The molecule has 0 heterocycles. The van der Waals surface area contributed by atoms with E-state index in [0.717, 1.165) is 6.42 Å². The molecule has 1 rings (SSSR count). The molecule has 0 amide bonds. The first-order valence-corrected chi connectivity index (χ1v) is 9.61. The van der Waals surface area contributed by atoms with Crippen molar-refractivity contribution in [3.8, 4) is 5.75 Å². The van der Waals surface area contributed by atoms with Crippen LogP contribution in [0.15, 0.2) is 24.3 Å². The van der Waals surface area contributed by atoms with Gasteiger partial charge in [0.05, 0.1) is 0 Å². The van der Waals surface area contributed by atoms with E-state index in [1.807, 2.05) is 12.1 Å². The molecular weight excluding hydrogens is 268 g/mol. The lowest BCUT2D eigenvalue weighted by Crippen LogP contribution is -1.86. The summed E-state index contributed by atoms with van der Waals surface area (Å²) in [5.74, 6) is 0.396. The molecule has 0 saturated heterocycles. The first-order valence-electron chi connectivity index (χ1n) is 9.61. The van der Waals surface area contributed by atoms with Crippen molar-refractivity contribution < 1.29 is 5.11 Å². The van der Waals surface area contributed by atoms with Crippen LogP contribution in [-0.2, 0) is 6.42 Å². The summed E-state index contributed by atoms with van der Waals surface area (Å²) in [5, 5.41) is 9.42. The largest absolute Gasteiger partial charge is 0.508 e. The molecule has 1 N–H and O–H groups in total. The molecule has 0 fully saturated rings. The summed E-state index contributed by atoms with van der Waals surface area (Å²) >= 11 is 0. The Morgan fingerprint density at radius 3 is 1.68 bits per heavy atom. The van der Waals surface area contributed by atoms with E-state index in [1.54, 1.807) is 6.07 Å². The Hall–Kier alpha value is -0.980. The number of phenolic OH excluding ortho intramolecular Hbond substituents is 1. The Balaban J connectivity index is 1.80. The zero-order valence-corrected chi connectivity index (χ0v) is 14.7. The Morgan fingerprint density at radius 2 is 1.18 bits per heavy atom. The van der Waals surface area contributed by atoms with Crippen molar-refractivity contribution in [1.29, 1.82) is 0 Å². The zero-order valence-electron chi connectivity index (χ0n) is 14.7. The van der Waals surface area contributed by atoms with Gasteiger partial charge in [-0.1, -0.05) is 96.1 Å². The van der Waals surface area contributed by atoms with Gasteiger partial charge in [-0.15, -0.1) is 0 Å². The number of rotatable bonds is 14. The summed E-state index contributed by atoms with van der Waals surface area (Å²) in [6.07, 6.45) is 19.3. The molecule has 1 aromatic carbocycles. The SMILES string of the molecule is CCCCCCCCCCCCCCCc1cccc(O)c1. The molecule has 1 aromatic rings. The van der Waals surface area contributed by atoms with Crippen molar-refractivity contribution in [2.45, 2.75) is 96.8 Å². The second-order valence-electron chi connectivity index (χ2n) is 6.66. The molecule has 0 aliphatic heterocycles. The van der Waals surface area contributed by atoms with E-state index < -0.39 is 0 Å². The predicted molar refractivity (Wildman–Crippen MR) is 97.5 cm³/mol. The minimum Gasteiger partial charge on any atom is -0.508 e. The van der Waals surface area contributed by atoms with Crippen molar-refractivity contribution in [2.75, 3.05) is 0 Å². The standard InChI is InChI=1S/C21H36O/c1-2-3-4-5-6-7-8-9-10-11-12-13-14-16-20-17-15-18-21(22)19-20/h15,17-19,22H,2-14,16H2,1H3. The fourth-order valence-corrected chi connectivity index (χ4v) is 3.06. The van der Waals surface area contributed by atoms with E-state index in [-0.39, 0.29) is 0 Å². The van der Waals surface area contributed by atoms with Gasteiger partial charge >= 0.3 is 0 Å². The van der Waals surface area contributed by atoms with Crippen molar-refractivity contribution >= 4 is 0 Å². The number of hydrogen-bond acceptors (Lipinski definition) is 1. The lowest BCUT2D eigenvalue weighted by Gasteiger charge is -2.04. The highest BCUT2D eigenvalue weighted by Crippen LogP contribution is 2.15. The van der Waals surface area contributed by atoms with E-state index in [9.17, 15) is 5.11 Å². The van der Waals surface area contributed by atoms with Gasteiger partial charge in [-0.3, -0.25) is 0 Å². The molecule has 0 radical (unpaired) electrons. The molecule has 0 aromatic heterocycles. The molecule has 0 spiro atoms. The molecule has 1 heteroatoms. The maximum absolute atomic E-state index is 9.42. The highest BCUT2D eigenvalue weighted by molar-refractivity contribution is 5.27. The first kappa shape index (κ1) is 19.1. The van der Waals surface area contributed by atoms with Gasteiger partial charge in [-0.25, -0.2) is 0 Å². The highest BCUT2D eigenvalue weighted by Gasteiger charge is 1.96. The first-order chi connectivity index (χ1) is 10.8. The average molecular weight is 305 g/mol. The fraction of sp³-hybridized carbons (Fsp3) is 0.714. The Kier molecular flexibility index (Phi) is 11.8. The molecule has 0 aliphatic carbocycles. The molecule has 126 valence electrons. The van der Waals surface area contributed by atoms with E-state index in [1.165, 1.54) is 89.0 Å². The quantitative estimate of drug-likeness (QED) is 0.366. The van der Waals surface area contributed by atoms with Crippen molar-refractivity contribution in [3.05, 3.63) is 29.8 Å².